The van der Waals surface area contributed by atoms with Crippen LogP contribution < -0.4 is 0 Å². The first kappa shape index (κ1) is 12.2. The molecule has 0 aliphatic carbocycles. The molecule has 0 saturated heterocycles. The normalized spacial score (nSPS) is 14.3. The summed E-state index contributed by atoms with van der Waals surface area (Å²) in [5.41, 5.74) is 0.183. The van der Waals surface area contributed by atoms with Gasteiger partial charge in [0, 0.05) is 18.7 Å². The highest BCUT2D eigenvalue weighted by atomic mass is 16.6. The Bertz CT molecular complexity index is 551. The van der Waals surface area contributed by atoms with E-state index >= 15 is 0 Å². The van der Waals surface area contributed by atoms with E-state index in [9.17, 15) is 19.7 Å². The first-order valence-electron chi connectivity index (χ1n) is 5.56. The highest BCUT2D eigenvalue weighted by Crippen LogP contribution is 2.27. The summed E-state index contributed by atoms with van der Waals surface area (Å²) in [6, 6.07) is 3.74. The van der Waals surface area contributed by atoms with Gasteiger partial charge in [0.1, 0.15) is 0 Å². The third-order valence-electron chi connectivity index (χ3n) is 2.71. The number of hydrogen-bond acceptors (Lipinski definition) is 4. The molecule has 1 aliphatic heterocycles. The summed E-state index contributed by atoms with van der Waals surface area (Å²) in [5, 5.41) is 10.6. The van der Waals surface area contributed by atoms with Gasteiger partial charge in [0.05, 0.1) is 16.1 Å². The molecule has 0 spiro atoms. The fourth-order valence-corrected chi connectivity index (χ4v) is 1.92. The maximum Gasteiger partial charge on any atom is 0.270 e. The van der Waals surface area contributed by atoms with E-state index in [-0.39, 0.29) is 28.6 Å². The Morgan fingerprint density at radius 3 is 2.39 bits per heavy atom. The molecule has 1 aliphatic rings. The second-order valence-corrected chi connectivity index (χ2v) is 4.60. The van der Waals surface area contributed by atoms with Crippen molar-refractivity contribution in [2.75, 3.05) is 6.54 Å². The van der Waals surface area contributed by atoms with Gasteiger partial charge in [-0.2, -0.15) is 0 Å². The number of hydrogen-bond donors (Lipinski definition) is 0. The van der Waals surface area contributed by atoms with Crippen molar-refractivity contribution >= 4 is 17.5 Å². The van der Waals surface area contributed by atoms with Crippen LogP contribution >= 0.6 is 0 Å². The second kappa shape index (κ2) is 4.21. The number of carbonyl (C=O) groups is 2. The van der Waals surface area contributed by atoms with Gasteiger partial charge < -0.3 is 0 Å². The number of nitro groups is 1. The van der Waals surface area contributed by atoms with Crippen molar-refractivity contribution in [1.29, 1.82) is 0 Å². The van der Waals surface area contributed by atoms with E-state index in [1.165, 1.54) is 12.1 Å². The standard InChI is InChI=1S/C12H12N2O4/c1-7(2)6-13-11(15)9-4-3-8(14(17)18)5-10(9)12(13)16/h3-5,7H,6H2,1-2H3. The SMILES string of the molecule is CC(C)CN1C(=O)c2ccc([N+](=O)[O-])cc2C1=O. The van der Waals surface area contributed by atoms with Crippen molar-refractivity contribution < 1.29 is 14.5 Å². The zero-order valence-electron chi connectivity index (χ0n) is 10.0. The fourth-order valence-electron chi connectivity index (χ4n) is 1.92. The maximum atomic E-state index is 12.0. The molecule has 0 atom stereocenters. The molecule has 1 heterocycles. The number of amides is 2. The topological polar surface area (TPSA) is 80.5 Å². The van der Waals surface area contributed by atoms with Gasteiger partial charge in [-0.05, 0) is 12.0 Å². The lowest BCUT2D eigenvalue weighted by molar-refractivity contribution is -0.384. The van der Waals surface area contributed by atoms with Crippen LogP contribution in [0.3, 0.4) is 0 Å². The average molecular weight is 248 g/mol. The summed E-state index contributed by atoms with van der Waals surface area (Å²) >= 11 is 0. The van der Waals surface area contributed by atoms with E-state index in [4.69, 9.17) is 0 Å². The molecule has 2 amide bonds. The van der Waals surface area contributed by atoms with Gasteiger partial charge in [0.15, 0.2) is 0 Å². The number of benzene rings is 1. The highest BCUT2D eigenvalue weighted by Gasteiger charge is 2.36. The Morgan fingerprint density at radius 1 is 1.22 bits per heavy atom. The van der Waals surface area contributed by atoms with Crippen molar-refractivity contribution in [2.24, 2.45) is 5.92 Å². The molecule has 0 saturated carbocycles. The summed E-state index contributed by atoms with van der Waals surface area (Å²) in [6.45, 7) is 4.11. The van der Waals surface area contributed by atoms with Crippen LogP contribution in [0.2, 0.25) is 0 Å². The van der Waals surface area contributed by atoms with Gasteiger partial charge in [0.25, 0.3) is 17.5 Å². The van der Waals surface area contributed by atoms with E-state index in [2.05, 4.69) is 0 Å². The minimum absolute atomic E-state index is 0.120. The van der Waals surface area contributed by atoms with Gasteiger partial charge in [-0.25, -0.2) is 0 Å². The number of rotatable bonds is 3. The summed E-state index contributed by atoms with van der Waals surface area (Å²) < 4.78 is 0. The molecule has 94 valence electrons. The van der Waals surface area contributed by atoms with Crippen LogP contribution in [0.25, 0.3) is 0 Å². The molecule has 1 aromatic carbocycles. The Balaban J connectivity index is 2.42. The van der Waals surface area contributed by atoms with E-state index in [1.54, 1.807) is 0 Å². The molecule has 0 aromatic heterocycles. The molecule has 6 heteroatoms. The van der Waals surface area contributed by atoms with E-state index in [0.717, 1.165) is 11.0 Å². The molecule has 18 heavy (non-hydrogen) atoms. The van der Waals surface area contributed by atoms with E-state index < -0.39 is 10.8 Å². The van der Waals surface area contributed by atoms with E-state index in [0.29, 0.717) is 6.54 Å². The van der Waals surface area contributed by atoms with Crippen molar-refractivity contribution in [1.82, 2.24) is 4.90 Å². The smallest absolute Gasteiger partial charge is 0.270 e. The molecular weight excluding hydrogens is 236 g/mol. The monoisotopic (exact) mass is 248 g/mol. The molecule has 0 N–H and O–H groups in total. The molecule has 0 fully saturated rings. The average Bonchev–Trinajstić information content (AvgIpc) is 2.53. The number of imide groups is 1. The Hall–Kier alpha value is -2.24. The first-order chi connectivity index (χ1) is 8.41. The van der Waals surface area contributed by atoms with Gasteiger partial charge in [0.2, 0.25) is 0 Å². The van der Waals surface area contributed by atoms with Crippen LogP contribution in [-0.4, -0.2) is 28.2 Å². The van der Waals surface area contributed by atoms with Gasteiger partial charge in [-0.1, -0.05) is 13.8 Å². The summed E-state index contributed by atoms with van der Waals surface area (Å²) in [6.07, 6.45) is 0. The number of nitrogens with zero attached hydrogens (tertiary/aromatic N) is 2. The minimum Gasteiger partial charge on any atom is -0.274 e. The summed E-state index contributed by atoms with van der Waals surface area (Å²) in [5.74, 6) is -0.673. The van der Waals surface area contributed by atoms with Crippen LogP contribution in [0.4, 0.5) is 5.69 Å². The Kier molecular flexibility index (Phi) is 2.86. The molecule has 6 nitrogen and oxygen atoms in total. The molecule has 0 unspecified atom stereocenters. The number of fused-ring (bicyclic) bond motifs is 1. The number of non-ortho nitro benzene ring substituents is 1. The predicted octanol–water partition coefficient (Wildman–Crippen LogP) is 1.85. The fraction of sp³-hybridized carbons (Fsp3) is 0.333. The number of carbonyl (C=O) groups excluding carboxylic acids is 2. The van der Waals surface area contributed by atoms with Gasteiger partial charge in [-0.3, -0.25) is 24.6 Å². The number of nitro benzene ring substituents is 1. The van der Waals surface area contributed by atoms with Crippen molar-refractivity contribution in [3.63, 3.8) is 0 Å². The van der Waals surface area contributed by atoms with Crippen molar-refractivity contribution in [3.05, 3.63) is 39.4 Å². The largest absolute Gasteiger partial charge is 0.274 e. The quantitative estimate of drug-likeness (QED) is 0.464. The maximum absolute atomic E-state index is 12.0. The third-order valence-corrected chi connectivity index (χ3v) is 2.71. The highest BCUT2D eigenvalue weighted by molar-refractivity contribution is 6.21. The predicted molar refractivity (Wildman–Crippen MR) is 63.3 cm³/mol. The minimum atomic E-state index is -0.580. The van der Waals surface area contributed by atoms with Crippen molar-refractivity contribution in [2.45, 2.75) is 13.8 Å². The van der Waals surface area contributed by atoms with Crippen LogP contribution in [-0.2, 0) is 0 Å². The lowest BCUT2D eigenvalue weighted by Gasteiger charge is -2.15. The van der Waals surface area contributed by atoms with Gasteiger partial charge >= 0.3 is 0 Å². The second-order valence-electron chi connectivity index (χ2n) is 4.60. The van der Waals surface area contributed by atoms with Crippen LogP contribution in [0.15, 0.2) is 18.2 Å². The third kappa shape index (κ3) is 1.85. The molecule has 0 radical (unpaired) electrons. The van der Waals surface area contributed by atoms with E-state index in [1.807, 2.05) is 13.8 Å². The summed E-state index contributed by atoms with van der Waals surface area (Å²) in [7, 11) is 0. The van der Waals surface area contributed by atoms with Crippen LogP contribution in [0, 0.1) is 16.0 Å². The zero-order valence-corrected chi connectivity index (χ0v) is 10.0. The Morgan fingerprint density at radius 2 is 1.83 bits per heavy atom. The first-order valence-corrected chi connectivity index (χ1v) is 5.56. The lowest BCUT2D eigenvalue weighted by Crippen LogP contribution is -2.33. The van der Waals surface area contributed by atoms with Crippen LogP contribution in [0.5, 0.6) is 0 Å². The molecule has 2 rings (SSSR count). The zero-order chi connectivity index (χ0) is 13.4. The molecule has 1 aromatic rings. The molecule has 0 bridgehead atoms. The van der Waals surface area contributed by atoms with Gasteiger partial charge in [-0.15, -0.1) is 0 Å². The van der Waals surface area contributed by atoms with Crippen molar-refractivity contribution in [3.8, 4) is 0 Å². The molecular formula is C12H12N2O4. The van der Waals surface area contributed by atoms with Crippen LogP contribution in [0.1, 0.15) is 34.6 Å². The lowest BCUT2D eigenvalue weighted by atomic mass is 10.1. The Labute approximate surface area is 103 Å². The summed E-state index contributed by atoms with van der Waals surface area (Å²) in [4.78, 5) is 35.2.